The van der Waals surface area contributed by atoms with Crippen LogP contribution in [0.5, 0.6) is 5.75 Å². The number of hydrogen-bond donors (Lipinski definition) is 1. The van der Waals surface area contributed by atoms with Crippen LogP contribution in [0.4, 0.5) is 0 Å². The lowest BCUT2D eigenvalue weighted by Gasteiger charge is -2.01. The Hall–Kier alpha value is -1.77. The third-order valence-electron chi connectivity index (χ3n) is 1.98. The molecule has 0 fully saturated rings. The van der Waals surface area contributed by atoms with Gasteiger partial charge in [0, 0.05) is 6.07 Å². The molecule has 0 spiro atoms. The average molecular weight is 176 g/mol. The molecule has 0 aliphatic carbocycles. The van der Waals surface area contributed by atoms with Gasteiger partial charge < -0.3 is 9.52 Å². The summed E-state index contributed by atoms with van der Waals surface area (Å²) in [4.78, 5) is 10.8. The highest BCUT2D eigenvalue weighted by atomic mass is 16.4. The number of benzene rings is 1. The minimum Gasteiger partial charge on any atom is -0.507 e. The molecule has 0 atom stereocenters. The molecule has 13 heavy (non-hydrogen) atoms. The fourth-order valence-electron chi connectivity index (χ4n) is 1.24. The first kappa shape index (κ1) is 7.86. The Kier molecular flexibility index (Phi) is 1.59. The van der Waals surface area contributed by atoms with Crippen molar-refractivity contribution in [3.63, 3.8) is 0 Å². The SMILES string of the molecule is Cc1ccc2oc(=O)ccc2c1O. The zero-order valence-corrected chi connectivity index (χ0v) is 7.07. The molecule has 2 aromatic rings. The van der Waals surface area contributed by atoms with Gasteiger partial charge in [-0.1, -0.05) is 6.07 Å². The van der Waals surface area contributed by atoms with Crippen LogP contribution in [0, 0.1) is 6.92 Å². The van der Waals surface area contributed by atoms with E-state index in [1.54, 1.807) is 25.1 Å². The quantitative estimate of drug-likeness (QED) is 0.623. The number of aryl methyl sites for hydroxylation is 1. The molecule has 0 saturated carbocycles. The van der Waals surface area contributed by atoms with E-state index in [1.165, 1.54) is 6.07 Å². The summed E-state index contributed by atoms with van der Waals surface area (Å²) < 4.78 is 4.88. The predicted octanol–water partition coefficient (Wildman–Crippen LogP) is 1.81. The van der Waals surface area contributed by atoms with Gasteiger partial charge in [-0.15, -0.1) is 0 Å². The van der Waals surface area contributed by atoms with Crippen molar-refractivity contribution in [3.8, 4) is 5.75 Å². The molecule has 3 heteroatoms. The number of rotatable bonds is 0. The Morgan fingerprint density at radius 2 is 2.00 bits per heavy atom. The normalized spacial score (nSPS) is 10.5. The van der Waals surface area contributed by atoms with Gasteiger partial charge in [0.2, 0.25) is 0 Å². The van der Waals surface area contributed by atoms with Crippen LogP contribution in [-0.4, -0.2) is 5.11 Å². The molecular weight excluding hydrogens is 168 g/mol. The minimum absolute atomic E-state index is 0.168. The van der Waals surface area contributed by atoms with Crippen LogP contribution in [0.1, 0.15) is 5.56 Å². The monoisotopic (exact) mass is 176 g/mol. The molecule has 0 unspecified atom stereocenters. The Balaban J connectivity index is 2.95. The van der Waals surface area contributed by atoms with Crippen molar-refractivity contribution in [2.45, 2.75) is 6.92 Å². The first-order valence-electron chi connectivity index (χ1n) is 3.91. The summed E-state index contributed by atoms with van der Waals surface area (Å²) in [5, 5.41) is 10.2. The van der Waals surface area contributed by atoms with Crippen LogP contribution in [0.25, 0.3) is 11.0 Å². The van der Waals surface area contributed by atoms with Gasteiger partial charge in [0.05, 0.1) is 5.39 Å². The number of aromatic hydroxyl groups is 1. The summed E-state index contributed by atoms with van der Waals surface area (Å²) in [5.74, 6) is 0.168. The lowest BCUT2D eigenvalue weighted by Crippen LogP contribution is -1.94. The Labute approximate surface area is 74.2 Å². The standard InChI is InChI=1S/C10H8O3/c1-6-2-4-8-7(10(6)12)3-5-9(11)13-8/h2-5,12H,1H3. The van der Waals surface area contributed by atoms with E-state index in [-0.39, 0.29) is 5.75 Å². The van der Waals surface area contributed by atoms with E-state index in [1.807, 2.05) is 0 Å². The molecular formula is C10H8O3. The second kappa shape index (κ2) is 2.62. The van der Waals surface area contributed by atoms with Crippen LogP contribution in [0.15, 0.2) is 33.5 Å². The van der Waals surface area contributed by atoms with E-state index in [0.717, 1.165) is 5.56 Å². The van der Waals surface area contributed by atoms with E-state index >= 15 is 0 Å². The predicted molar refractivity (Wildman–Crippen MR) is 48.9 cm³/mol. The molecule has 1 aromatic carbocycles. The van der Waals surface area contributed by atoms with Gasteiger partial charge in [-0.05, 0) is 24.6 Å². The Morgan fingerprint density at radius 1 is 1.23 bits per heavy atom. The van der Waals surface area contributed by atoms with Gasteiger partial charge in [0.25, 0.3) is 0 Å². The zero-order chi connectivity index (χ0) is 9.42. The van der Waals surface area contributed by atoms with Crippen molar-refractivity contribution in [2.24, 2.45) is 0 Å². The Bertz CT molecular complexity index is 511. The summed E-state index contributed by atoms with van der Waals surface area (Å²) in [5.41, 5.74) is 0.771. The first-order valence-corrected chi connectivity index (χ1v) is 3.91. The summed E-state index contributed by atoms with van der Waals surface area (Å²) >= 11 is 0. The van der Waals surface area contributed by atoms with Crippen molar-refractivity contribution >= 4 is 11.0 Å². The second-order valence-corrected chi connectivity index (χ2v) is 2.90. The van der Waals surface area contributed by atoms with E-state index < -0.39 is 5.63 Å². The maximum atomic E-state index is 10.8. The number of phenolic OH excluding ortho intramolecular Hbond substituents is 1. The van der Waals surface area contributed by atoms with Crippen molar-refractivity contribution in [1.29, 1.82) is 0 Å². The summed E-state index contributed by atoms with van der Waals surface area (Å²) in [7, 11) is 0. The molecule has 1 N–H and O–H groups in total. The zero-order valence-electron chi connectivity index (χ0n) is 7.07. The third kappa shape index (κ3) is 1.18. The largest absolute Gasteiger partial charge is 0.507 e. The molecule has 0 radical (unpaired) electrons. The number of fused-ring (bicyclic) bond motifs is 1. The molecule has 0 bridgehead atoms. The summed E-state index contributed by atoms with van der Waals surface area (Å²) in [6.45, 7) is 1.79. The van der Waals surface area contributed by atoms with Crippen LogP contribution >= 0.6 is 0 Å². The van der Waals surface area contributed by atoms with Crippen molar-refractivity contribution in [1.82, 2.24) is 0 Å². The maximum Gasteiger partial charge on any atom is 0.336 e. The van der Waals surface area contributed by atoms with E-state index in [0.29, 0.717) is 11.0 Å². The highest BCUT2D eigenvalue weighted by Gasteiger charge is 2.04. The van der Waals surface area contributed by atoms with E-state index in [9.17, 15) is 9.90 Å². The smallest absolute Gasteiger partial charge is 0.336 e. The van der Waals surface area contributed by atoms with Crippen molar-refractivity contribution in [3.05, 3.63) is 40.2 Å². The number of hydrogen-bond acceptors (Lipinski definition) is 3. The van der Waals surface area contributed by atoms with E-state index in [4.69, 9.17) is 4.42 Å². The topological polar surface area (TPSA) is 50.4 Å². The van der Waals surface area contributed by atoms with Crippen molar-refractivity contribution < 1.29 is 9.52 Å². The summed E-state index contributed by atoms with van der Waals surface area (Å²) in [6, 6.07) is 6.23. The fraction of sp³-hybridized carbons (Fsp3) is 0.100. The first-order chi connectivity index (χ1) is 6.18. The summed E-state index contributed by atoms with van der Waals surface area (Å²) in [6.07, 6.45) is 0. The van der Waals surface area contributed by atoms with Crippen molar-refractivity contribution in [2.75, 3.05) is 0 Å². The molecule has 0 aliphatic rings. The molecule has 66 valence electrons. The van der Waals surface area contributed by atoms with Gasteiger partial charge >= 0.3 is 5.63 Å². The highest BCUT2D eigenvalue weighted by Crippen LogP contribution is 2.26. The minimum atomic E-state index is -0.407. The van der Waals surface area contributed by atoms with Crippen LogP contribution in [0.3, 0.4) is 0 Å². The van der Waals surface area contributed by atoms with Gasteiger partial charge in [-0.2, -0.15) is 0 Å². The van der Waals surface area contributed by atoms with Gasteiger partial charge in [-0.3, -0.25) is 0 Å². The van der Waals surface area contributed by atoms with Gasteiger partial charge in [0.15, 0.2) is 0 Å². The molecule has 2 rings (SSSR count). The van der Waals surface area contributed by atoms with Crippen LogP contribution in [0.2, 0.25) is 0 Å². The van der Waals surface area contributed by atoms with E-state index in [2.05, 4.69) is 0 Å². The van der Waals surface area contributed by atoms with Crippen LogP contribution < -0.4 is 5.63 Å². The third-order valence-corrected chi connectivity index (χ3v) is 1.98. The molecule has 0 aliphatic heterocycles. The molecule has 3 nitrogen and oxygen atoms in total. The highest BCUT2D eigenvalue weighted by molar-refractivity contribution is 5.84. The molecule has 0 amide bonds. The lowest BCUT2D eigenvalue weighted by molar-refractivity contribution is 0.475. The lowest BCUT2D eigenvalue weighted by atomic mass is 10.1. The van der Waals surface area contributed by atoms with Gasteiger partial charge in [-0.25, -0.2) is 4.79 Å². The average Bonchev–Trinajstić information content (AvgIpc) is 2.12. The molecule has 1 aromatic heterocycles. The maximum absolute atomic E-state index is 10.8. The molecule has 1 heterocycles. The fourth-order valence-corrected chi connectivity index (χ4v) is 1.24. The number of phenols is 1. The van der Waals surface area contributed by atoms with Crippen LogP contribution in [-0.2, 0) is 0 Å². The molecule has 0 saturated heterocycles. The van der Waals surface area contributed by atoms with Gasteiger partial charge in [0.1, 0.15) is 11.3 Å². The second-order valence-electron chi connectivity index (χ2n) is 2.90. The Morgan fingerprint density at radius 3 is 2.77 bits per heavy atom.